The van der Waals surface area contributed by atoms with Crippen LogP contribution in [0.15, 0.2) is 24.3 Å². The molecule has 0 saturated heterocycles. The Balaban J connectivity index is 2.74. The molecule has 0 aromatic heterocycles. The lowest BCUT2D eigenvalue weighted by Gasteiger charge is -2.16. The normalized spacial score (nSPS) is 14.7. The van der Waals surface area contributed by atoms with Crippen LogP contribution in [0.4, 0.5) is 13.2 Å². The van der Waals surface area contributed by atoms with Crippen molar-refractivity contribution in [1.82, 2.24) is 5.32 Å². The Morgan fingerprint density at radius 1 is 1.30 bits per heavy atom. The van der Waals surface area contributed by atoms with Crippen molar-refractivity contribution < 1.29 is 23.1 Å². The lowest BCUT2D eigenvalue weighted by atomic mass is 10.0. The first-order valence-electron chi connectivity index (χ1n) is 6.34. The third kappa shape index (κ3) is 4.85. The second-order valence-corrected chi connectivity index (χ2v) is 4.94. The number of amides is 1. The molecule has 6 heteroatoms. The van der Waals surface area contributed by atoms with Gasteiger partial charge >= 0.3 is 6.18 Å². The standard InChI is InChI=1S/C14H18F3NO2/c1-9(7-10(2)19)8-18-13(20)11-5-3-4-6-12(11)14(15,16)17/h3-6,9-10,19H,7-8H2,1-2H3,(H,18,20). The lowest BCUT2D eigenvalue weighted by molar-refractivity contribution is -0.137. The van der Waals surface area contributed by atoms with Crippen LogP contribution in [-0.4, -0.2) is 23.7 Å². The fourth-order valence-corrected chi connectivity index (χ4v) is 1.96. The summed E-state index contributed by atoms with van der Waals surface area (Å²) in [6, 6.07) is 4.67. The number of nitrogens with one attached hydrogen (secondary N) is 1. The summed E-state index contributed by atoms with van der Waals surface area (Å²) >= 11 is 0. The zero-order chi connectivity index (χ0) is 15.3. The second kappa shape index (κ2) is 6.74. The minimum absolute atomic E-state index is 0.0167. The van der Waals surface area contributed by atoms with Gasteiger partial charge in [0.1, 0.15) is 0 Å². The van der Waals surface area contributed by atoms with E-state index < -0.39 is 23.8 Å². The van der Waals surface area contributed by atoms with E-state index in [4.69, 9.17) is 0 Å². The SMILES string of the molecule is CC(O)CC(C)CNC(=O)c1ccccc1C(F)(F)F. The highest BCUT2D eigenvalue weighted by molar-refractivity contribution is 5.95. The van der Waals surface area contributed by atoms with E-state index in [0.717, 1.165) is 12.1 Å². The minimum Gasteiger partial charge on any atom is -0.393 e. The first-order chi connectivity index (χ1) is 9.21. The predicted octanol–water partition coefficient (Wildman–Crippen LogP) is 2.84. The lowest BCUT2D eigenvalue weighted by Crippen LogP contribution is -2.31. The van der Waals surface area contributed by atoms with Crippen LogP contribution in [0.3, 0.4) is 0 Å². The molecule has 0 spiro atoms. The Labute approximate surface area is 115 Å². The highest BCUT2D eigenvalue weighted by Crippen LogP contribution is 2.31. The average Bonchev–Trinajstić information content (AvgIpc) is 2.34. The van der Waals surface area contributed by atoms with Gasteiger partial charge in [0.25, 0.3) is 5.91 Å². The van der Waals surface area contributed by atoms with Crippen molar-refractivity contribution in [3.05, 3.63) is 35.4 Å². The molecular formula is C14H18F3NO2. The quantitative estimate of drug-likeness (QED) is 0.875. The topological polar surface area (TPSA) is 49.3 Å². The van der Waals surface area contributed by atoms with Gasteiger partial charge in [0.2, 0.25) is 0 Å². The predicted molar refractivity (Wildman–Crippen MR) is 69.2 cm³/mol. The molecule has 1 amide bonds. The van der Waals surface area contributed by atoms with Crippen LogP contribution in [0.1, 0.15) is 36.2 Å². The van der Waals surface area contributed by atoms with Crippen LogP contribution >= 0.6 is 0 Å². The molecule has 0 saturated carbocycles. The molecule has 0 heterocycles. The molecule has 0 fully saturated rings. The number of carbonyl (C=O) groups excluding carboxylic acids is 1. The molecule has 2 unspecified atom stereocenters. The molecule has 20 heavy (non-hydrogen) atoms. The number of halogens is 3. The number of hydrogen-bond acceptors (Lipinski definition) is 2. The zero-order valence-electron chi connectivity index (χ0n) is 11.4. The number of rotatable bonds is 5. The molecule has 1 rings (SSSR count). The number of alkyl halides is 3. The molecule has 3 nitrogen and oxygen atoms in total. The molecular weight excluding hydrogens is 271 g/mol. The Kier molecular flexibility index (Phi) is 5.56. The van der Waals surface area contributed by atoms with Crippen LogP contribution < -0.4 is 5.32 Å². The van der Waals surface area contributed by atoms with E-state index in [0.29, 0.717) is 6.42 Å². The number of hydrogen-bond donors (Lipinski definition) is 2. The molecule has 0 aliphatic heterocycles. The summed E-state index contributed by atoms with van der Waals surface area (Å²) in [4.78, 5) is 11.8. The monoisotopic (exact) mass is 289 g/mol. The summed E-state index contributed by atoms with van der Waals surface area (Å²) in [6.45, 7) is 3.65. The Hall–Kier alpha value is -1.56. The van der Waals surface area contributed by atoms with E-state index in [-0.39, 0.29) is 18.0 Å². The summed E-state index contributed by atoms with van der Waals surface area (Å²) in [7, 11) is 0. The molecule has 1 aromatic carbocycles. The van der Waals surface area contributed by atoms with Crippen molar-refractivity contribution in [3.8, 4) is 0 Å². The van der Waals surface area contributed by atoms with E-state index in [1.54, 1.807) is 6.92 Å². The van der Waals surface area contributed by atoms with Crippen LogP contribution in [-0.2, 0) is 6.18 Å². The Morgan fingerprint density at radius 2 is 1.90 bits per heavy atom. The maximum atomic E-state index is 12.8. The van der Waals surface area contributed by atoms with Crippen molar-refractivity contribution in [2.24, 2.45) is 5.92 Å². The largest absolute Gasteiger partial charge is 0.417 e. The summed E-state index contributed by atoms with van der Waals surface area (Å²) in [5.41, 5.74) is -1.33. The van der Waals surface area contributed by atoms with E-state index in [1.165, 1.54) is 12.1 Å². The Morgan fingerprint density at radius 3 is 2.45 bits per heavy atom. The van der Waals surface area contributed by atoms with Gasteiger partial charge in [-0.2, -0.15) is 13.2 Å². The molecule has 0 aliphatic rings. The average molecular weight is 289 g/mol. The molecule has 112 valence electrons. The van der Waals surface area contributed by atoms with Crippen LogP contribution in [0.5, 0.6) is 0 Å². The summed E-state index contributed by atoms with van der Waals surface area (Å²) in [5, 5.41) is 11.7. The highest BCUT2D eigenvalue weighted by Gasteiger charge is 2.34. The molecule has 1 aromatic rings. The number of benzene rings is 1. The molecule has 0 aliphatic carbocycles. The van der Waals surface area contributed by atoms with Crippen molar-refractivity contribution in [1.29, 1.82) is 0 Å². The summed E-state index contributed by atoms with van der Waals surface area (Å²) in [5.74, 6) is -0.771. The smallest absolute Gasteiger partial charge is 0.393 e. The maximum absolute atomic E-state index is 12.8. The van der Waals surface area contributed by atoms with Gasteiger partial charge in [0, 0.05) is 6.54 Å². The van der Waals surface area contributed by atoms with Gasteiger partial charge in [0.05, 0.1) is 17.2 Å². The van der Waals surface area contributed by atoms with Gasteiger partial charge < -0.3 is 10.4 Å². The van der Waals surface area contributed by atoms with Gasteiger partial charge in [-0.25, -0.2) is 0 Å². The van der Waals surface area contributed by atoms with Crippen LogP contribution in [0.2, 0.25) is 0 Å². The maximum Gasteiger partial charge on any atom is 0.417 e. The van der Waals surface area contributed by atoms with Gasteiger partial charge in [-0.3, -0.25) is 4.79 Å². The van der Waals surface area contributed by atoms with E-state index >= 15 is 0 Å². The Bertz CT molecular complexity index is 458. The van der Waals surface area contributed by atoms with E-state index in [1.807, 2.05) is 6.92 Å². The number of aliphatic hydroxyl groups is 1. The summed E-state index contributed by atoms with van der Waals surface area (Å²) < 4.78 is 38.3. The van der Waals surface area contributed by atoms with Gasteiger partial charge in [0.15, 0.2) is 0 Å². The first-order valence-corrected chi connectivity index (χ1v) is 6.34. The molecule has 2 atom stereocenters. The summed E-state index contributed by atoms with van der Waals surface area (Å²) in [6.07, 6.45) is -4.59. The van der Waals surface area contributed by atoms with E-state index in [2.05, 4.69) is 5.32 Å². The van der Waals surface area contributed by atoms with E-state index in [9.17, 15) is 23.1 Å². The fraction of sp³-hybridized carbons (Fsp3) is 0.500. The third-order valence-corrected chi connectivity index (χ3v) is 2.83. The van der Waals surface area contributed by atoms with Gasteiger partial charge in [-0.15, -0.1) is 0 Å². The van der Waals surface area contributed by atoms with Crippen molar-refractivity contribution in [2.75, 3.05) is 6.54 Å². The number of aliphatic hydroxyl groups excluding tert-OH is 1. The zero-order valence-corrected chi connectivity index (χ0v) is 11.4. The number of carbonyl (C=O) groups is 1. The minimum atomic E-state index is -4.56. The third-order valence-electron chi connectivity index (χ3n) is 2.83. The van der Waals surface area contributed by atoms with Crippen LogP contribution in [0, 0.1) is 5.92 Å². The molecule has 2 N–H and O–H groups in total. The molecule has 0 radical (unpaired) electrons. The molecule has 0 bridgehead atoms. The van der Waals surface area contributed by atoms with Crippen molar-refractivity contribution in [3.63, 3.8) is 0 Å². The first kappa shape index (κ1) is 16.5. The highest BCUT2D eigenvalue weighted by atomic mass is 19.4. The van der Waals surface area contributed by atoms with Gasteiger partial charge in [-0.05, 0) is 31.4 Å². The fourth-order valence-electron chi connectivity index (χ4n) is 1.96. The second-order valence-electron chi connectivity index (χ2n) is 4.94. The van der Waals surface area contributed by atoms with Crippen molar-refractivity contribution >= 4 is 5.91 Å². The van der Waals surface area contributed by atoms with Crippen molar-refractivity contribution in [2.45, 2.75) is 32.5 Å². The van der Waals surface area contributed by atoms with Gasteiger partial charge in [-0.1, -0.05) is 19.1 Å². The van der Waals surface area contributed by atoms with Crippen LogP contribution in [0.25, 0.3) is 0 Å².